The summed E-state index contributed by atoms with van der Waals surface area (Å²) in [7, 11) is 0. The molecule has 1 rings (SSSR count). The number of nitrogens with one attached hydrogen (secondary N) is 1. The second-order valence-corrected chi connectivity index (χ2v) is 3.03. The van der Waals surface area contributed by atoms with Crippen molar-refractivity contribution < 1.29 is 5.11 Å². The zero-order valence-electron chi connectivity index (χ0n) is 5.85. The molecule has 3 nitrogen and oxygen atoms in total. The predicted octanol–water partition coefficient (Wildman–Crippen LogP) is 1.29. The smallest absolute Gasteiger partial charge is 0.130 e. The SMILES string of the molecule is CC(C)(O)c1cn[nH]c1Cl. The van der Waals surface area contributed by atoms with Gasteiger partial charge in [0.25, 0.3) is 0 Å². The van der Waals surface area contributed by atoms with Gasteiger partial charge < -0.3 is 5.11 Å². The number of hydrogen-bond acceptors (Lipinski definition) is 2. The first kappa shape index (κ1) is 7.57. The summed E-state index contributed by atoms with van der Waals surface area (Å²) < 4.78 is 0. The third kappa shape index (κ3) is 1.30. The maximum absolute atomic E-state index is 9.41. The molecule has 0 spiro atoms. The number of hydrogen-bond donors (Lipinski definition) is 2. The van der Waals surface area contributed by atoms with Gasteiger partial charge in [0.2, 0.25) is 0 Å². The monoisotopic (exact) mass is 160 g/mol. The van der Waals surface area contributed by atoms with Gasteiger partial charge in [-0.25, -0.2) is 0 Å². The normalized spacial score (nSPS) is 12.0. The van der Waals surface area contributed by atoms with E-state index in [0.29, 0.717) is 10.7 Å². The minimum absolute atomic E-state index is 0.396. The number of aliphatic hydroxyl groups is 1. The van der Waals surface area contributed by atoms with Crippen LogP contribution >= 0.6 is 11.6 Å². The molecule has 1 aromatic rings. The standard InChI is InChI=1S/C6H9ClN2O/c1-6(2,10)4-3-8-9-5(4)7/h3,10H,1-2H3,(H,8,9). The molecular formula is C6H9ClN2O. The number of H-pyrrole nitrogens is 1. The Labute approximate surface area is 64.0 Å². The molecule has 0 aliphatic carbocycles. The number of aromatic nitrogens is 2. The van der Waals surface area contributed by atoms with Crippen molar-refractivity contribution >= 4 is 11.6 Å². The van der Waals surface area contributed by atoms with Gasteiger partial charge in [-0.15, -0.1) is 0 Å². The highest BCUT2D eigenvalue weighted by atomic mass is 35.5. The maximum atomic E-state index is 9.41. The van der Waals surface area contributed by atoms with Crippen LogP contribution in [0.4, 0.5) is 0 Å². The Hall–Kier alpha value is -0.540. The van der Waals surface area contributed by atoms with Crippen LogP contribution in [-0.4, -0.2) is 15.3 Å². The Balaban J connectivity index is 3.05. The lowest BCUT2D eigenvalue weighted by molar-refractivity contribution is 0.0787. The first-order chi connectivity index (χ1) is 4.52. The van der Waals surface area contributed by atoms with E-state index >= 15 is 0 Å². The van der Waals surface area contributed by atoms with Crippen molar-refractivity contribution in [1.29, 1.82) is 0 Å². The van der Waals surface area contributed by atoms with Gasteiger partial charge in [0.05, 0.1) is 11.8 Å². The molecule has 0 aliphatic heterocycles. The molecule has 0 saturated heterocycles. The van der Waals surface area contributed by atoms with Crippen LogP contribution in [0.5, 0.6) is 0 Å². The minimum Gasteiger partial charge on any atom is -0.386 e. The summed E-state index contributed by atoms with van der Waals surface area (Å²) in [6.45, 7) is 3.31. The van der Waals surface area contributed by atoms with E-state index in [2.05, 4.69) is 10.2 Å². The molecular weight excluding hydrogens is 152 g/mol. The van der Waals surface area contributed by atoms with E-state index < -0.39 is 5.60 Å². The highest BCUT2D eigenvalue weighted by Crippen LogP contribution is 2.24. The van der Waals surface area contributed by atoms with Gasteiger partial charge in [0.15, 0.2) is 0 Å². The molecule has 1 heterocycles. The molecule has 2 N–H and O–H groups in total. The van der Waals surface area contributed by atoms with Crippen molar-refractivity contribution in [3.63, 3.8) is 0 Å². The number of halogens is 1. The van der Waals surface area contributed by atoms with Crippen molar-refractivity contribution in [2.45, 2.75) is 19.4 Å². The first-order valence-corrected chi connectivity index (χ1v) is 3.31. The largest absolute Gasteiger partial charge is 0.386 e. The molecule has 4 heteroatoms. The van der Waals surface area contributed by atoms with E-state index in [1.807, 2.05) is 0 Å². The molecule has 0 amide bonds. The average Bonchev–Trinajstić information content (AvgIpc) is 2.11. The number of aromatic amines is 1. The van der Waals surface area contributed by atoms with Gasteiger partial charge in [0, 0.05) is 5.56 Å². The van der Waals surface area contributed by atoms with Crippen molar-refractivity contribution in [2.24, 2.45) is 0 Å². The second-order valence-electron chi connectivity index (χ2n) is 2.66. The molecule has 1 aromatic heterocycles. The minimum atomic E-state index is -0.913. The Morgan fingerprint density at radius 3 is 2.50 bits per heavy atom. The molecule has 0 unspecified atom stereocenters. The van der Waals surface area contributed by atoms with Gasteiger partial charge in [-0.1, -0.05) is 11.6 Å². The van der Waals surface area contributed by atoms with E-state index in [-0.39, 0.29) is 0 Å². The third-order valence-electron chi connectivity index (χ3n) is 1.25. The summed E-state index contributed by atoms with van der Waals surface area (Å²) in [6, 6.07) is 0. The highest BCUT2D eigenvalue weighted by Gasteiger charge is 2.20. The number of nitrogens with zero attached hydrogens (tertiary/aromatic N) is 1. The fraction of sp³-hybridized carbons (Fsp3) is 0.500. The zero-order chi connectivity index (χ0) is 7.78. The molecule has 0 fully saturated rings. The molecule has 0 atom stereocenters. The lowest BCUT2D eigenvalue weighted by Gasteiger charge is -2.14. The summed E-state index contributed by atoms with van der Waals surface area (Å²) >= 11 is 5.65. The van der Waals surface area contributed by atoms with Crippen LogP contribution in [0.2, 0.25) is 5.15 Å². The van der Waals surface area contributed by atoms with Crippen LogP contribution in [0.15, 0.2) is 6.20 Å². The van der Waals surface area contributed by atoms with E-state index in [9.17, 15) is 5.11 Å². The third-order valence-corrected chi connectivity index (χ3v) is 1.54. The van der Waals surface area contributed by atoms with Crippen LogP contribution in [0.25, 0.3) is 0 Å². The van der Waals surface area contributed by atoms with Crippen molar-refractivity contribution in [1.82, 2.24) is 10.2 Å². The fourth-order valence-electron chi connectivity index (χ4n) is 0.697. The quantitative estimate of drug-likeness (QED) is 0.651. The van der Waals surface area contributed by atoms with Crippen LogP contribution < -0.4 is 0 Å². The van der Waals surface area contributed by atoms with Gasteiger partial charge in [-0.2, -0.15) is 5.10 Å². The summed E-state index contributed by atoms with van der Waals surface area (Å²) in [4.78, 5) is 0. The van der Waals surface area contributed by atoms with E-state index in [0.717, 1.165) is 0 Å². The summed E-state index contributed by atoms with van der Waals surface area (Å²) in [5.74, 6) is 0. The van der Waals surface area contributed by atoms with Crippen molar-refractivity contribution in [3.05, 3.63) is 16.9 Å². The van der Waals surface area contributed by atoms with Crippen molar-refractivity contribution in [2.75, 3.05) is 0 Å². The topological polar surface area (TPSA) is 48.9 Å². The van der Waals surface area contributed by atoms with Crippen LogP contribution in [0, 0.1) is 0 Å². The molecule has 10 heavy (non-hydrogen) atoms. The molecule has 0 saturated carbocycles. The van der Waals surface area contributed by atoms with E-state index in [4.69, 9.17) is 11.6 Å². The van der Waals surface area contributed by atoms with E-state index in [1.54, 1.807) is 13.8 Å². The summed E-state index contributed by atoms with van der Waals surface area (Å²) in [5, 5.41) is 16.0. The Bertz CT molecular complexity index is 226. The zero-order valence-corrected chi connectivity index (χ0v) is 6.61. The fourth-order valence-corrected chi connectivity index (χ4v) is 1.03. The van der Waals surface area contributed by atoms with Crippen LogP contribution in [0.1, 0.15) is 19.4 Å². The molecule has 0 aliphatic rings. The molecule has 0 aromatic carbocycles. The van der Waals surface area contributed by atoms with Gasteiger partial charge >= 0.3 is 0 Å². The predicted molar refractivity (Wildman–Crippen MR) is 38.8 cm³/mol. The molecule has 0 bridgehead atoms. The van der Waals surface area contributed by atoms with Crippen LogP contribution in [0.3, 0.4) is 0 Å². The molecule has 0 radical (unpaired) electrons. The Morgan fingerprint density at radius 1 is 1.70 bits per heavy atom. The summed E-state index contributed by atoms with van der Waals surface area (Å²) in [5.41, 5.74) is -0.293. The van der Waals surface area contributed by atoms with Gasteiger partial charge in [-0.3, -0.25) is 5.10 Å². The maximum Gasteiger partial charge on any atom is 0.130 e. The molecule has 56 valence electrons. The lowest BCUT2D eigenvalue weighted by Crippen LogP contribution is -2.14. The number of rotatable bonds is 1. The van der Waals surface area contributed by atoms with Crippen molar-refractivity contribution in [3.8, 4) is 0 Å². The van der Waals surface area contributed by atoms with Gasteiger partial charge in [0.1, 0.15) is 5.15 Å². The lowest BCUT2D eigenvalue weighted by atomic mass is 10.0. The van der Waals surface area contributed by atoms with Gasteiger partial charge in [-0.05, 0) is 13.8 Å². The van der Waals surface area contributed by atoms with Crippen LogP contribution in [-0.2, 0) is 5.60 Å². The Morgan fingerprint density at radius 2 is 2.30 bits per heavy atom. The van der Waals surface area contributed by atoms with E-state index in [1.165, 1.54) is 6.20 Å². The Kier molecular flexibility index (Phi) is 1.70. The highest BCUT2D eigenvalue weighted by molar-refractivity contribution is 6.30. The second kappa shape index (κ2) is 2.25. The average molecular weight is 161 g/mol. The first-order valence-electron chi connectivity index (χ1n) is 2.93. The summed E-state index contributed by atoms with van der Waals surface area (Å²) in [6.07, 6.45) is 1.52.